The highest BCUT2D eigenvalue weighted by atomic mass is 79.9. The maximum atomic E-state index is 13.2. The predicted octanol–water partition coefficient (Wildman–Crippen LogP) is 5.67. The first kappa shape index (κ1) is 21.6. The van der Waals surface area contributed by atoms with Crippen molar-refractivity contribution in [3.63, 3.8) is 0 Å². The van der Waals surface area contributed by atoms with Gasteiger partial charge in [0, 0.05) is 32.3 Å². The quantitative estimate of drug-likeness (QED) is 0.358. The molecule has 5 nitrogen and oxygen atoms in total. The van der Waals surface area contributed by atoms with Crippen LogP contribution in [0.3, 0.4) is 0 Å². The molecular formula is C23H18BrClN2O3S. The number of hydrogen-bond donors (Lipinski definition) is 1. The number of sulfone groups is 1. The van der Waals surface area contributed by atoms with Crippen LogP contribution >= 0.6 is 27.5 Å². The number of nitrogens with zero attached hydrogens (tertiary/aromatic N) is 1. The Morgan fingerprint density at radius 3 is 2.48 bits per heavy atom. The van der Waals surface area contributed by atoms with Crippen LogP contribution in [-0.4, -0.2) is 18.9 Å². The normalized spacial score (nSPS) is 11.5. The van der Waals surface area contributed by atoms with E-state index in [4.69, 9.17) is 11.6 Å². The van der Waals surface area contributed by atoms with Crippen molar-refractivity contribution < 1.29 is 13.2 Å². The van der Waals surface area contributed by atoms with E-state index in [1.807, 2.05) is 24.3 Å². The number of fused-ring (bicyclic) bond motifs is 1. The summed E-state index contributed by atoms with van der Waals surface area (Å²) in [4.78, 5) is 12.8. The van der Waals surface area contributed by atoms with Crippen LogP contribution in [-0.2, 0) is 26.9 Å². The molecule has 1 heterocycles. The molecule has 0 aliphatic carbocycles. The van der Waals surface area contributed by atoms with Gasteiger partial charge in [-0.15, -0.1) is 0 Å². The first-order valence-corrected chi connectivity index (χ1v) is 12.2. The molecule has 0 aliphatic heterocycles. The van der Waals surface area contributed by atoms with Crippen molar-refractivity contribution in [3.05, 3.63) is 94.1 Å². The molecule has 0 aliphatic rings. The van der Waals surface area contributed by atoms with Crippen molar-refractivity contribution in [2.24, 2.45) is 0 Å². The van der Waals surface area contributed by atoms with Crippen molar-refractivity contribution in [3.8, 4) is 0 Å². The lowest BCUT2D eigenvalue weighted by Gasteiger charge is -2.07. The molecule has 8 heteroatoms. The van der Waals surface area contributed by atoms with Crippen molar-refractivity contribution in [2.75, 3.05) is 5.32 Å². The molecule has 1 N–H and O–H groups in total. The summed E-state index contributed by atoms with van der Waals surface area (Å²) in [5, 5.41) is 3.98. The SMILES string of the molecule is O=C(Cn1cc(S(=O)(=O)Cc2ccc(Cl)cc2)c2ccccc21)Nc1cccc(Br)c1. The van der Waals surface area contributed by atoms with Crippen LogP contribution in [0.5, 0.6) is 0 Å². The molecule has 0 radical (unpaired) electrons. The molecule has 1 aromatic heterocycles. The Labute approximate surface area is 193 Å². The van der Waals surface area contributed by atoms with Crippen LogP contribution in [0, 0.1) is 0 Å². The number of halogens is 2. The van der Waals surface area contributed by atoms with E-state index in [-0.39, 0.29) is 23.1 Å². The average Bonchev–Trinajstić information content (AvgIpc) is 3.09. The molecule has 1 amide bonds. The molecule has 158 valence electrons. The number of rotatable bonds is 6. The lowest BCUT2D eigenvalue weighted by atomic mass is 10.2. The van der Waals surface area contributed by atoms with Crippen molar-refractivity contribution in [1.82, 2.24) is 4.57 Å². The van der Waals surface area contributed by atoms with Gasteiger partial charge in [-0.3, -0.25) is 4.79 Å². The van der Waals surface area contributed by atoms with Crippen LogP contribution < -0.4 is 5.32 Å². The summed E-state index contributed by atoms with van der Waals surface area (Å²) < 4.78 is 28.9. The number of nitrogens with one attached hydrogen (secondary N) is 1. The number of benzene rings is 3. The van der Waals surface area contributed by atoms with Crippen LogP contribution in [0.15, 0.2) is 88.4 Å². The topological polar surface area (TPSA) is 68.2 Å². The summed E-state index contributed by atoms with van der Waals surface area (Å²) in [7, 11) is -3.63. The Balaban J connectivity index is 1.64. The largest absolute Gasteiger partial charge is 0.337 e. The van der Waals surface area contributed by atoms with Crippen LogP contribution in [0.2, 0.25) is 5.02 Å². The molecule has 0 unspecified atom stereocenters. The number of hydrogen-bond acceptors (Lipinski definition) is 3. The third-order valence-electron chi connectivity index (χ3n) is 4.78. The van der Waals surface area contributed by atoms with Crippen molar-refractivity contribution >= 4 is 59.9 Å². The Hall–Kier alpha value is -2.61. The van der Waals surface area contributed by atoms with E-state index in [1.54, 1.807) is 53.1 Å². The zero-order valence-corrected chi connectivity index (χ0v) is 19.4. The Morgan fingerprint density at radius 2 is 1.74 bits per heavy atom. The highest BCUT2D eigenvalue weighted by Gasteiger charge is 2.22. The zero-order valence-electron chi connectivity index (χ0n) is 16.3. The van der Waals surface area contributed by atoms with Gasteiger partial charge in [-0.25, -0.2) is 8.42 Å². The summed E-state index contributed by atoms with van der Waals surface area (Å²) in [5.41, 5.74) is 1.99. The number of carbonyl (C=O) groups is 1. The van der Waals surface area contributed by atoms with Gasteiger partial charge < -0.3 is 9.88 Å². The summed E-state index contributed by atoms with van der Waals surface area (Å²) in [6.07, 6.45) is 1.54. The fourth-order valence-corrected chi connectivity index (χ4v) is 5.50. The number of carbonyl (C=O) groups excluding carboxylic acids is 1. The molecule has 0 saturated carbocycles. The van der Waals surface area contributed by atoms with Gasteiger partial charge in [0.1, 0.15) is 6.54 Å². The van der Waals surface area contributed by atoms with Gasteiger partial charge >= 0.3 is 0 Å². The predicted molar refractivity (Wildman–Crippen MR) is 127 cm³/mol. The molecule has 0 atom stereocenters. The summed E-state index contributed by atoms with van der Waals surface area (Å²) in [5.74, 6) is -0.400. The van der Waals surface area contributed by atoms with E-state index >= 15 is 0 Å². The van der Waals surface area contributed by atoms with Gasteiger partial charge in [0.05, 0.1) is 10.6 Å². The highest BCUT2D eigenvalue weighted by molar-refractivity contribution is 9.10. The van der Waals surface area contributed by atoms with Gasteiger partial charge in [-0.1, -0.05) is 63.9 Å². The first-order valence-electron chi connectivity index (χ1n) is 9.42. The van der Waals surface area contributed by atoms with Crippen LogP contribution in [0.25, 0.3) is 10.9 Å². The van der Waals surface area contributed by atoms with E-state index in [9.17, 15) is 13.2 Å². The second kappa shape index (κ2) is 8.86. The molecule has 3 aromatic carbocycles. The highest BCUT2D eigenvalue weighted by Crippen LogP contribution is 2.28. The van der Waals surface area contributed by atoms with E-state index in [1.165, 1.54) is 6.20 Å². The van der Waals surface area contributed by atoms with Gasteiger partial charge in [0.25, 0.3) is 0 Å². The molecule has 0 saturated heterocycles. The van der Waals surface area contributed by atoms with Crippen LogP contribution in [0.1, 0.15) is 5.56 Å². The number of anilines is 1. The Morgan fingerprint density at radius 1 is 1.00 bits per heavy atom. The minimum absolute atomic E-state index is 0.0104. The zero-order chi connectivity index (χ0) is 22.0. The lowest BCUT2D eigenvalue weighted by Crippen LogP contribution is -2.18. The third-order valence-corrected chi connectivity index (χ3v) is 7.23. The van der Waals surface area contributed by atoms with Gasteiger partial charge in [-0.05, 0) is 42.0 Å². The lowest BCUT2D eigenvalue weighted by molar-refractivity contribution is -0.116. The van der Waals surface area contributed by atoms with Crippen molar-refractivity contribution in [2.45, 2.75) is 17.2 Å². The smallest absolute Gasteiger partial charge is 0.244 e. The Bertz CT molecular complexity index is 1370. The van der Waals surface area contributed by atoms with E-state index in [0.29, 0.717) is 27.2 Å². The number of aromatic nitrogens is 1. The number of amides is 1. The standard InChI is InChI=1S/C23H18BrClN2O3S/c24-17-4-3-5-19(12-17)26-23(28)14-27-13-22(20-6-1-2-7-21(20)27)31(29,30)15-16-8-10-18(25)11-9-16/h1-13H,14-15H2,(H,26,28). The maximum Gasteiger partial charge on any atom is 0.244 e. The summed E-state index contributed by atoms with van der Waals surface area (Å²) in [6.45, 7) is -0.0104. The summed E-state index contributed by atoms with van der Waals surface area (Å²) in [6, 6.07) is 21.2. The molecule has 31 heavy (non-hydrogen) atoms. The minimum Gasteiger partial charge on any atom is -0.337 e. The fraction of sp³-hybridized carbons (Fsp3) is 0.0870. The van der Waals surface area contributed by atoms with Gasteiger partial charge in [-0.2, -0.15) is 0 Å². The Kier molecular flexibility index (Phi) is 6.18. The molecule has 0 fully saturated rings. The second-order valence-corrected chi connectivity index (χ2v) is 10.4. The van der Waals surface area contributed by atoms with E-state index in [0.717, 1.165) is 4.47 Å². The van der Waals surface area contributed by atoms with E-state index in [2.05, 4.69) is 21.2 Å². The third kappa shape index (κ3) is 5.01. The maximum absolute atomic E-state index is 13.2. The number of para-hydroxylation sites is 1. The monoisotopic (exact) mass is 516 g/mol. The molecule has 4 aromatic rings. The first-order chi connectivity index (χ1) is 14.8. The van der Waals surface area contributed by atoms with Crippen LogP contribution in [0.4, 0.5) is 5.69 Å². The second-order valence-electron chi connectivity index (χ2n) is 7.08. The van der Waals surface area contributed by atoms with E-state index < -0.39 is 9.84 Å². The molecule has 0 spiro atoms. The van der Waals surface area contributed by atoms with Gasteiger partial charge in [0.2, 0.25) is 5.91 Å². The average molecular weight is 518 g/mol. The molecule has 4 rings (SSSR count). The fourth-order valence-electron chi connectivity index (χ4n) is 3.39. The van der Waals surface area contributed by atoms with Gasteiger partial charge in [0.15, 0.2) is 9.84 Å². The minimum atomic E-state index is -3.63. The molecular weight excluding hydrogens is 500 g/mol. The molecule has 0 bridgehead atoms. The van der Waals surface area contributed by atoms with Crippen molar-refractivity contribution in [1.29, 1.82) is 0 Å². The summed E-state index contributed by atoms with van der Waals surface area (Å²) >= 11 is 9.28.